The van der Waals surface area contributed by atoms with Gasteiger partial charge >= 0.3 is 5.97 Å². The SMILES string of the molecule is O=C(Oc1ccc(C2=NCCS2)cc1)c1ccc(Cl)cc1. The molecule has 1 heterocycles. The van der Waals surface area contributed by atoms with Gasteiger partial charge in [0.25, 0.3) is 0 Å². The van der Waals surface area contributed by atoms with Crippen molar-refractivity contribution in [2.24, 2.45) is 4.99 Å². The van der Waals surface area contributed by atoms with Gasteiger partial charge in [0.05, 0.1) is 10.6 Å². The molecule has 0 fully saturated rings. The van der Waals surface area contributed by atoms with E-state index in [1.54, 1.807) is 48.2 Å². The molecule has 0 unspecified atom stereocenters. The highest BCUT2D eigenvalue weighted by Crippen LogP contribution is 2.22. The second-order valence-electron chi connectivity index (χ2n) is 4.46. The highest BCUT2D eigenvalue weighted by atomic mass is 35.5. The summed E-state index contributed by atoms with van der Waals surface area (Å²) in [5.41, 5.74) is 1.53. The minimum Gasteiger partial charge on any atom is -0.423 e. The Morgan fingerprint density at radius 1 is 1.10 bits per heavy atom. The van der Waals surface area contributed by atoms with Crippen LogP contribution >= 0.6 is 23.4 Å². The van der Waals surface area contributed by atoms with Crippen LogP contribution < -0.4 is 4.74 Å². The Balaban J connectivity index is 1.70. The highest BCUT2D eigenvalue weighted by Gasteiger charge is 2.11. The molecule has 3 rings (SSSR count). The van der Waals surface area contributed by atoms with E-state index in [0.29, 0.717) is 16.3 Å². The van der Waals surface area contributed by atoms with Gasteiger partial charge in [-0.25, -0.2) is 4.79 Å². The number of ether oxygens (including phenoxy) is 1. The summed E-state index contributed by atoms with van der Waals surface area (Å²) in [5, 5.41) is 1.64. The Morgan fingerprint density at radius 2 is 1.81 bits per heavy atom. The number of carbonyl (C=O) groups is 1. The van der Waals surface area contributed by atoms with Crippen molar-refractivity contribution in [3.63, 3.8) is 0 Å². The first-order valence-electron chi connectivity index (χ1n) is 6.48. The molecule has 0 bridgehead atoms. The molecule has 1 aliphatic rings. The Hall–Kier alpha value is -1.78. The van der Waals surface area contributed by atoms with Crippen molar-refractivity contribution in [2.45, 2.75) is 0 Å². The van der Waals surface area contributed by atoms with Crippen LogP contribution in [-0.2, 0) is 0 Å². The predicted octanol–water partition coefficient (Wildman–Crippen LogP) is 4.05. The molecule has 106 valence electrons. The van der Waals surface area contributed by atoms with Crippen molar-refractivity contribution in [1.29, 1.82) is 0 Å². The molecule has 0 atom stereocenters. The van der Waals surface area contributed by atoms with Crippen LogP contribution in [0.25, 0.3) is 0 Å². The zero-order chi connectivity index (χ0) is 14.7. The number of rotatable bonds is 3. The van der Waals surface area contributed by atoms with Gasteiger partial charge in [-0.1, -0.05) is 11.6 Å². The third-order valence-corrected chi connectivity index (χ3v) is 4.25. The summed E-state index contributed by atoms with van der Waals surface area (Å²) in [6.45, 7) is 0.868. The van der Waals surface area contributed by atoms with Crippen molar-refractivity contribution in [3.05, 3.63) is 64.7 Å². The molecule has 5 heteroatoms. The Morgan fingerprint density at radius 3 is 2.43 bits per heavy atom. The number of hydrogen-bond acceptors (Lipinski definition) is 4. The number of aliphatic imine (C=N–C) groups is 1. The van der Waals surface area contributed by atoms with Crippen LogP contribution in [0.15, 0.2) is 53.5 Å². The number of halogens is 1. The van der Waals surface area contributed by atoms with E-state index in [1.807, 2.05) is 12.1 Å². The summed E-state index contributed by atoms with van der Waals surface area (Å²) in [6.07, 6.45) is 0. The van der Waals surface area contributed by atoms with E-state index in [-0.39, 0.29) is 0 Å². The van der Waals surface area contributed by atoms with Crippen LogP contribution in [0, 0.1) is 0 Å². The molecule has 1 aliphatic heterocycles. The van der Waals surface area contributed by atoms with E-state index in [0.717, 1.165) is 22.9 Å². The first kappa shape index (κ1) is 14.2. The lowest BCUT2D eigenvalue weighted by atomic mass is 10.2. The van der Waals surface area contributed by atoms with Crippen LogP contribution in [0.1, 0.15) is 15.9 Å². The monoisotopic (exact) mass is 317 g/mol. The number of carbonyl (C=O) groups excluding carboxylic acids is 1. The molecular formula is C16H12ClNO2S. The molecule has 21 heavy (non-hydrogen) atoms. The molecule has 3 nitrogen and oxygen atoms in total. The second kappa shape index (κ2) is 6.33. The van der Waals surface area contributed by atoms with Gasteiger partial charge in [0.1, 0.15) is 5.75 Å². The van der Waals surface area contributed by atoms with Crippen molar-refractivity contribution < 1.29 is 9.53 Å². The number of esters is 1. The van der Waals surface area contributed by atoms with E-state index in [1.165, 1.54) is 0 Å². The first-order valence-corrected chi connectivity index (χ1v) is 7.84. The largest absolute Gasteiger partial charge is 0.423 e. The number of nitrogens with zero attached hydrogens (tertiary/aromatic N) is 1. The quantitative estimate of drug-likeness (QED) is 0.633. The summed E-state index contributed by atoms with van der Waals surface area (Å²) in [6, 6.07) is 14.0. The minimum atomic E-state index is -0.396. The molecule has 0 saturated carbocycles. The fourth-order valence-electron chi connectivity index (χ4n) is 1.93. The summed E-state index contributed by atoms with van der Waals surface area (Å²) in [4.78, 5) is 16.4. The molecule has 0 radical (unpaired) electrons. The maximum atomic E-state index is 12.0. The van der Waals surface area contributed by atoms with Crippen LogP contribution in [0.3, 0.4) is 0 Å². The minimum absolute atomic E-state index is 0.396. The lowest BCUT2D eigenvalue weighted by Crippen LogP contribution is -2.08. The normalized spacial score (nSPS) is 13.9. The fourth-order valence-corrected chi connectivity index (χ4v) is 2.91. The van der Waals surface area contributed by atoms with Crippen LogP contribution in [0.5, 0.6) is 5.75 Å². The first-order chi connectivity index (χ1) is 10.2. The number of benzene rings is 2. The fraction of sp³-hybridized carbons (Fsp3) is 0.125. The van der Waals surface area contributed by atoms with Gasteiger partial charge in [0.2, 0.25) is 0 Å². The zero-order valence-corrected chi connectivity index (χ0v) is 12.7. The number of thioether (sulfide) groups is 1. The third kappa shape index (κ3) is 3.46. The standard InChI is InChI=1S/C16H12ClNO2S/c17-13-5-1-12(2-6-13)16(19)20-14-7-3-11(4-8-14)15-18-9-10-21-15/h1-8H,9-10H2. The van der Waals surface area contributed by atoms with Crippen LogP contribution in [0.2, 0.25) is 5.02 Å². The lowest BCUT2D eigenvalue weighted by Gasteiger charge is -2.06. The summed E-state index contributed by atoms with van der Waals surface area (Å²) in [5.74, 6) is 1.15. The predicted molar refractivity (Wildman–Crippen MR) is 86.7 cm³/mol. The summed E-state index contributed by atoms with van der Waals surface area (Å²) < 4.78 is 5.33. The van der Waals surface area contributed by atoms with Crippen molar-refractivity contribution >= 4 is 34.4 Å². The van der Waals surface area contributed by atoms with Crippen LogP contribution in [0.4, 0.5) is 0 Å². The maximum Gasteiger partial charge on any atom is 0.343 e. The van der Waals surface area contributed by atoms with E-state index in [2.05, 4.69) is 4.99 Å². The van der Waals surface area contributed by atoms with Gasteiger partial charge in [0, 0.05) is 22.9 Å². The Labute approximate surface area is 132 Å². The molecule has 0 aromatic heterocycles. The third-order valence-electron chi connectivity index (χ3n) is 2.98. The smallest absolute Gasteiger partial charge is 0.343 e. The number of hydrogen-bond donors (Lipinski definition) is 0. The Bertz CT molecular complexity index is 680. The summed E-state index contributed by atoms with van der Waals surface area (Å²) >= 11 is 7.53. The zero-order valence-electron chi connectivity index (χ0n) is 11.1. The van der Waals surface area contributed by atoms with Crippen molar-refractivity contribution in [1.82, 2.24) is 0 Å². The van der Waals surface area contributed by atoms with E-state index in [4.69, 9.17) is 16.3 Å². The van der Waals surface area contributed by atoms with Gasteiger partial charge in [0.15, 0.2) is 0 Å². The molecule has 0 N–H and O–H groups in total. The molecule has 0 amide bonds. The second-order valence-corrected chi connectivity index (χ2v) is 5.98. The van der Waals surface area contributed by atoms with Gasteiger partial charge < -0.3 is 4.74 Å². The van der Waals surface area contributed by atoms with E-state index in [9.17, 15) is 4.79 Å². The van der Waals surface area contributed by atoms with Crippen molar-refractivity contribution in [2.75, 3.05) is 12.3 Å². The van der Waals surface area contributed by atoms with Gasteiger partial charge in [-0.2, -0.15) is 0 Å². The molecule has 0 spiro atoms. The molecule has 2 aromatic rings. The lowest BCUT2D eigenvalue weighted by molar-refractivity contribution is 0.0735. The maximum absolute atomic E-state index is 12.0. The van der Waals surface area contributed by atoms with Crippen molar-refractivity contribution in [3.8, 4) is 5.75 Å². The molecule has 0 saturated heterocycles. The average Bonchev–Trinajstić information content (AvgIpc) is 3.03. The van der Waals surface area contributed by atoms with Crippen LogP contribution in [-0.4, -0.2) is 23.3 Å². The Kier molecular flexibility index (Phi) is 4.27. The van der Waals surface area contributed by atoms with E-state index < -0.39 is 5.97 Å². The van der Waals surface area contributed by atoms with Gasteiger partial charge in [-0.15, -0.1) is 11.8 Å². The molecule has 0 aliphatic carbocycles. The summed E-state index contributed by atoms with van der Waals surface area (Å²) in [7, 11) is 0. The van der Waals surface area contributed by atoms with Gasteiger partial charge in [-0.3, -0.25) is 4.99 Å². The highest BCUT2D eigenvalue weighted by molar-refractivity contribution is 8.14. The molecule has 2 aromatic carbocycles. The topological polar surface area (TPSA) is 38.7 Å². The van der Waals surface area contributed by atoms with Gasteiger partial charge in [-0.05, 0) is 48.5 Å². The average molecular weight is 318 g/mol. The molecular weight excluding hydrogens is 306 g/mol. The van der Waals surface area contributed by atoms with E-state index >= 15 is 0 Å².